The van der Waals surface area contributed by atoms with Crippen LogP contribution in [0.4, 0.5) is 0 Å². The molecule has 2 aromatic heterocycles. The first-order chi connectivity index (χ1) is 8.51. The Balaban J connectivity index is 2.32. The third-order valence-electron chi connectivity index (χ3n) is 2.44. The summed E-state index contributed by atoms with van der Waals surface area (Å²) in [5.41, 5.74) is -0.542. The topological polar surface area (TPSA) is 83.4 Å². The average molecular weight is 268 g/mol. The zero-order valence-corrected chi connectivity index (χ0v) is 10.5. The van der Waals surface area contributed by atoms with E-state index in [1.807, 2.05) is 0 Å². The van der Waals surface area contributed by atoms with Crippen molar-refractivity contribution in [3.8, 4) is 0 Å². The van der Waals surface area contributed by atoms with Crippen LogP contribution in [0.5, 0.6) is 0 Å². The normalized spacial score (nSPS) is 11.9. The number of nitrogens with one attached hydrogen (secondary N) is 1. The monoisotopic (exact) mass is 268 g/mol. The second-order valence-corrected chi connectivity index (χ2v) is 5.73. The summed E-state index contributed by atoms with van der Waals surface area (Å²) in [5.74, 6) is 0.508. The summed E-state index contributed by atoms with van der Waals surface area (Å²) in [5, 5.41) is 0. The summed E-state index contributed by atoms with van der Waals surface area (Å²) in [6.45, 7) is 0.0731. The molecule has 0 radical (unpaired) electrons. The molecule has 0 fully saturated rings. The molecule has 7 heteroatoms. The Morgan fingerprint density at radius 2 is 2.17 bits per heavy atom. The molecular formula is C11H12N2O4S. The fourth-order valence-corrected chi connectivity index (χ4v) is 2.65. The number of nitrogens with zero attached hydrogens (tertiary/aromatic N) is 1. The molecule has 2 aromatic rings. The summed E-state index contributed by atoms with van der Waals surface area (Å²) in [4.78, 5) is 13.8. The minimum Gasteiger partial charge on any atom is -0.468 e. The average Bonchev–Trinajstić information content (AvgIpc) is 2.82. The van der Waals surface area contributed by atoms with E-state index in [4.69, 9.17) is 4.42 Å². The van der Waals surface area contributed by atoms with Crippen LogP contribution in [0, 0.1) is 0 Å². The summed E-state index contributed by atoms with van der Waals surface area (Å²) >= 11 is 0. The molecule has 2 heterocycles. The number of hydrogen-bond acceptors (Lipinski definition) is 4. The van der Waals surface area contributed by atoms with Gasteiger partial charge in [-0.05, 0) is 12.1 Å². The zero-order chi connectivity index (χ0) is 13.2. The lowest BCUT2D eigenvalue weighted by molar-refractivity contribution is 0.406. The number of H-pyrrole nitrogens is 1. The second kappa shape index (κ2) is 4.79. The van der Waals surface area contributed by atoms with E-state index in [2.05, 4.69) is 4.98 Å². The number of furan rings is 1. The molecule has 1 N–H and O–H groups in total. The number of pyridine rings is 1. The van der Waals surface area contributed by atoms with Crippen molar-refractivity contribution < 1.29 is 12.8 Å². The Kier molecular flexibility index (Phi) is 3.35. The predicted molar refractivity (Wildman–Crippen MR) is 64.4 cm³/mol. The molecule has 96 valence electrons. The molecule has 0 aromatic carbocycles. The molecule has 0 bridgehead atoms. The van der Waals surface area contributed by atoms with Gasteiger partial charge in [-0.25, -0.2) is 8.42 Å². The predicted octanol–water partition coefficient (Wildman–Crippen LogP) is 0.789. The minimum absolute atomic E-state index is 0.0731. The smallest absolute Gasteiger partial charge is 0.248 e. The lowest BCUT2D eigenvalue weighted by atomic mass is 10.4. The van der Waals surface area contributed by atoms with Crippen LogP contribution < -0.4 is 5.43 Å². The van der Waals surface area contributed by atoms with Crippen LogP contribution in [0.2, 0.25) is 0 Å². The van der Waals surface area contributed by atoms with E-state index in [-0.39, 0.29) is 11.4 Å². The SMILES string of the molecule is CN(Cc1ccco1)S(=O)(=O)c1c[nH]ccc1=O. The largest absolute Gasteiger partial charge is 0.468 e. The van der Waals surface area contributed by atoms with Gasteiger partial charge in [-0.2, -0.15) is 4.31 Å². The van der Waals surface area contributed by atoms with Crippen LogP contribution in [-0.4, -0.2) is 24.8 Å². The van der Waals surface area contributed by atoms with Gasteiger partial charge in [-0.15, -0.1) is 0 Å². The van der Waals surface area contributed by atoms with Gasteiger partial charge in [-0.3, -0.25) is 4.79 Å². The van der Waals surface area contributed by atoms with Crippen LogP contribution >= 0.6 is 0 Å². The lowest BCUT2D eigenvalue weighted by Gasteiger charge is -2.14. The van der Waals surface area contributed by atoms with Gasteiger partial charge in [0.1, 0.15) is 10.7 Å². The molecule has 18 heavy (non-hydrogen) atoms. The number of rotatable bonds is 4. The molecule has 0 saturated heterocycles. The van der Waals surface area contributed by atoms with E-state index in [1.54, 1.807) is 12.1 Å². The van der Waals surface area contributed by atoms with Gasteiger partial charge in [-0.1, -0.05) is 0 Å². The lowest BCUT2D eigenvalue weighted by Crippen LogP contribution is -2.30. The Morgan fingerprint density at radius 3 is 2.78 bits per heavy atom. The van der Waals surface area contributed by atoms with Crippen molar-refractivity contribution in [2.45, 2.75) is 11.4 Å². The number of aromatic nitrogens is 1. The van der Waals surface area contributed by atoms with E-state index in [0.717, 1.165) is 4.31 Å². The molecular weight excluding hydrogens is 256 g/mol. The Bertz CT molecular complexity index is 673. The maximum Gasteiger partial charge on any atom is 0.248 e. The minimum atomic E-state index is -3.82. The van der Waals surface area contributed by atoms with E-state index in [1.165, 1.54) is 31.8 Å². The maximum atomic E-state index is 12.1. The summed E-state index contributed by atoms with van der Waals surface area (Å²) < 4.78 is 30.4. The van der Waals surface area contributed by atoms with Crippen LogP contribution in [0.3, 0.4) is 0 Å². The van der Waals surface area contributed by atoms with Crippen LogP contribution in [0.15, 0.2) is 51.0 Å². The third kappa shape index (κ3) is 2.36. The Labute approximate surface area is 104 Å². The second-order valence-electron chi connectivity index (χ2n) is 3.71. The number of hydrogen-bond donors (Lipinski definition) is 1. The molecule has 0 unspecified atom stereocenters. The molecule has 2 rings (SSSR count). The number of aromatic amines is 1. The summed E-state index contributed by atoms with van der Waals surface area (Å²) in [7, 11) is -2.42. The van der Waals surface area contributed by atoms with Crippen LogP contribution in [-0.2, 0) is 16.6 Å². The molecule has 0 aliphatic carbocycles. The van der Waals surface area contributed by atoms with Crippen molar-refractivity contribution >= 4 is 10.0 Å². The Morgan fingerprint density at radius 1 is 1.39 bits per heavy atom. The maximum absolute atomic E-state index is 12.1. The first-order valence-corrected chi connectivity index (χ1v) is 6.61. The molecule has 0 amide bonds. The third-order valence-corrected chi connectivity index (χ3v) is 4.26. The molecule has 0 atom stereocenters. The van der Waals surface area contributed by atoms with Crippen molar-refractivity contribution in [2.24, 2.45) is 0 Å². The Hall–Kier alpha value is -1.86. The van der Waals surface area contributed by atoms with Gasteiger partial charge in [0.05, 0.1) is 12.8 Å². The van der Waals surface area contributed by atoms with Gasteiger partial charge >= 0.3 is 0 Å². The zero-order valence-electron chi connectivity index (χ0n) is 9.66. The van der Waals surface area contributed by atoms with E-state index in [9.17, 15) is 13.2 Å². The molecule has 0 spiro atoms. The van der Waals surface area contributed by atoms with Crippen molar-refractivity contribution in [2.75, 3.05) is 7.05 Å². The first kappa shape index (κ1) is 12.6. The fourth-order valence-electron chi connectivity index (χ4n) is 1.48. The molecule has 0 aliphatic rings. The highest BCUT2D eigenvalue weighted by molar-refractivity contribution is 7.89. The van der Waals surface area contributed by atoms with Gasteiger partial charge in [0.2, 0.25) is 15.5 Å². The van der Waals surface area contributed by atoms with Gasteiger partial charge in [0.25, 0.3) is 0 Å². The quantitative estimate of drug-likeness (QED) is 0.888. The standard InChI is InChI=1S/C11H12N2O4S/c1-13(8-9-3-2-6-17-9)18(15,16)11-7-12-5-4-10(11)14/h2-7H,8H2,1H3,(H,12,14). The molecule has 0 aliphatic heterocycles. The molecule has 6 nitrogen and oxygen atoms in total. The molecule has 0 saturated carbocycles. The van der Waals surface area contributed by atoms with E-state index < -0.39 is 15.5 Å². The van der Waals surface area contributed by atoms with Crippen molar-refractivity contribution in [3.05, 3.63) is 52.8 Å². The highest BCUT2D eigenvalue weighted by Gasteiger charge is 2.24. The van der Waals surface area contributed by atoms with E-state index in [0.29, 0.717) is 5.76 Å². The van der Waals surface area contributed by atoms with E-state index >= 15 is 0 Å². The van der Waals surface area contributed by atoms with Gasteiger partial charge < -0.3 is 9.40 Å². The number of sulfonamides is 1. The van der Waals surface area contributed by atoms with Crippen LogP contribution in [0.25, 0.3) is 0 Å². The van der Waals surface area contributed by atoms with Gasteiger partial charge in [0, 0.05) is 25.5 Å². The fraction of sp³-hybridized carbons (Fsp3) is 0.182. The summed E-state index contributed by atoms with van der Waals surface area (Å²) in [6.07, 6.45) is 4.02. The highest BCUT2D eigenvalue weighted by Crippen LogP contribution is 2.12. The first-order valence-electron chi connectivity index (χ1n) is 5.17. The van der Waals surface area contributed by atoms with Crippen molar-refractivity contribution in [1.29, 1.82) is 0 Å². The van der Waals surface area contributed by atoms with Crippen molar-refractivity contribution in [3.63, 3.8) is 0 Å². The van der Waals surface area contributed by atoms with Gasteiger partial charge in [0.15, 0.2) is 0 Å². The summed E-state index contributed by atoms with van der Waals surface area (Å²) in [6, 6.07) is 4.51. The van der Waals surface area contributed by atoms with Crippen LogP contribution in [0.1, 0.15) is 5.76 Å². The highest BCUT2D eigenvalue weighted by atomic mass is 32.2. The van der Waals surface area contributed by atoms with Crippen molar-refractivity contribution in [1.82, 2.24) is 9.29 Å².